The molecule has 0 bridgehead atoms. The van der Waals surface area contributed by atoms with Gasteiger partial charge in [-0.15, -0.1) is 0 Å². The average Bonchev–Trinajstić information content (AvgIpc) is 2.63. The van der Waals surface area contributed by atoms with Crippen LogP contribution in [0.2, 0.25) is 0 Å². The van der Waals surface area contributed by atoms with E-state index < -0.39 is 0 Å². The zero-order valence-corrected chi connectivity index (χ0v) is 14.9. The van der Waals surface area contributed by atoms with Crippen molar-refractivity contribution in [1.29, 1.82) is 0 Å². The van der Waals surface area contributed by atoms with Gasteiger partial charge in [0.15, 0.2) is 0 Å². The van der Waals surface area contributed by atoms with E-state index in [1.807, 2.05) is 17.0 Å². The van der Waals surface area contributed by atoms with Crippen molar-refractivity contribution < 1.29 is 14.4 Å². The lowest BCUT2D eigenvalue weighted by atomic mass is 10.0. The first-order chi connectivity index (χ1) is 12.5. The van der Waals surface area contributed by atoms with E-state index in [4.69, 9.17) is 5.73 Å². The van der Waals surface area contributed by atoms with E-state index in [1.165, 1.54) is 0 Å². The summed E-state index contributed by atoms with van der Waals surface area (Å²) in [6.45, 7) is 2.53. The Kier molecular flexibility index (Phi) is 5.88. The molecule has 1 aromatic rings. The molecule has 26 heavy (non-hydrogen) atoms. The number of benzene rings is 1. The molecule has 2 aliphatic heterocycles. The molecular weight excluding hydrogens is 332 g/mol. The highest BCUT2D eigenvalue weighted by Gasteiger charge is 2.23. The van der Waals surface area contributed by atoms with Gasteiger partial charge in [0, 0.05) is 43.3 Å². The summed E-state index contributed by atoms with van der Waals surface area (Å²) < 4.78 is 0. The van der Waals surface area contributed by atoms with Crippen molar-refractivity contribution in [2.24, 2.45) is 5.73 Å². The lowest BCUT2D eigenvalue weighted by molar-refractivity contribution is -0.120. The number of carbonyl (C=O) groups excluding carboxylic acids is 3. The average molecular weight is 358 g/mol. The molecule has 0 unspecified atom stereocenters. The molecule has 0 aliphatic carbocycles. The van der Waals surface area contributed by atoms with Gasteiger partial charge in [0.1, 0.15) is 0 Å². The van der Waals surface area contributed by atoms with Crippen molar-refractivity contribution in [3.8, 4) is 0 Å². The van der Waals surface area contributed by atoms with Crippen molar-refractivity contribution in [1.82, 2.24) is 10.2 Å². The predicted octanol–water partition coefficient (Wildman–Crippen LogP) is 0.883. The molecular formula is C19H26N4O3. The number of rotatable bonds is 5. The number of primary amides is 1. The van der Waals surface area contributed by atoms with Gasteiger partial charge >= 0.3 is 0 Å². The van der Waals surface area contributed by atoms with E-state index in [0.717, 1.165) is 51.0 Å². The fraction of sp³-hybridized carbons (Fsp3) is 0.526. The fourth-order valence-corrected chi connectivity index (χ4v) is 3.60. The largest absolute Gasteiger partial charge is 0.369 e. The predicted molar refractivity (Wildman–Crippen MR) is 98.8 cm³/mol. The van der Waals surface area contributed by atoms with Crippen LogP contribution in [0.4, 0.5) is 5.69 Å². The molecule has 3 N–H and O–H groups in total. The van der Waals surface area contributed by atoms with Crippen molar-refractivity contribution in [2.45, 2.75) is 38.1 Å². The van der Waals surface area contributed by atoms with Crippen molar-refractivity contribution in [2.75, 3.05) is 31.1 Å². The molecule has 3 amide bonds. The standard InChI is InChI=1S/C19H26N4O3/c20-17(24)13-22-11-8-15(9-12-22)21-19(26)14-4-6-16(7-5-14)23-10-2-1-3-18(23)25/h4-7,15H,1-3,8-13H2,(H2,20,24)(H,21,26). The molecule has 140 valence electrons. The number of carbonyl (C=O) groups is 3. The van der Waals surface area contributed by atoms with Crippen LogP contribution in [0.15, 0.2) is 24.3 Å². The fourth-order valence-electron chi connectivity index (χ4n) is 3.60. The Morgan fingerprint density at radius 2 is 1.77 bits per heavy atom. The normalized spacial score (nSPS) is 19.4. The van der Waals surface area contributed by atoms with Gasteiger partial charge in [-0.05, 0) is 49.9 Å². The molecule has 0 radical (unpaired) electrons. The minimum Gasteiger partial charge on any atom is -0.369 e. The van der Waals surface area contributed by atoms with Crippen LogP contribution in [-0.4, -0.2) is 54.8 Å². The molecule has 7 nitrogen and oxygen atoms in total. The number of nitrogens with two attached hydrogens (primary N) is 1. The summed E-state index contributed by atoms with van der Waals surface area (Å²) in [4.78, 5) is 39.2. The molecule has 0 aromatic heterocycles. The van der Waals surface area contributed by atoms with Crippen LogP contribution in [0.5, 0.6) is 0 Å². The van der Waals surface area contributed by atoms with E-state index in [0.29, 0.717) is 12.0 Å². The third-order valence-corrected chi connectivity index (χ3v) is 5.07. The number of likely N-dealkylation sites (tertiary alicyclic amines) is 1. The van der Waals surface area contributed by atoms with Crippen LogP contribution in [-0.2, 0) is 9.59 Å². The number of anilines is 1. The first-order valence-corrected chi connectivity index (χ1v) is 9.25. The van der Waals surface area contributed by atoms with Gasteiger partial charge in [-0.2, -0.15) is 0 Å². The molecule has 2 saturated heterocycles. The molecule has 0 spiro atoms. The van der Waals surface area contributed by atoms with E-state index in [2.05, 4.69) is 5.32 Å². The highest BCUT2D eigenvalue weighted by molar-refractivity contribution is 5.97. The molecule has 0 saturated carbocycles. The van der Waals surface area contributed by atoms with Gasteiger partial charge in [-0.3, -0.25) is 19.3 Å². The van der Waals surface area contributed by atoms with Gasteiger partial charge in [0.2, 0.25) is 11.8 Å². The summed E-state index contributed by atoms with van der Waals surface area (Å²) in [7, 11) is 0. The van der Waals surface area contributed by atoms with Crippen molar-refractivity contribution in [3.63, 3.8) is 0 Å². The minimum atomic E-state index is -0.320. The van der Waals surface area contributed by atoms with Crippen LogP contribution in [0.3, 0.4) is 0 Å². The molecule has 2 heterocycles. The Hall–Kier alpha value is -2.41. The Labute approximate surface area is 153 Å². The lowest BCUT2D eigenvalue weighted by Gasteiger charge is -2.31. The molecule has 2 fully saturated rings. The summed E-state index contributed by atoms with van der Waals surface area (Å²) in [5, 5.41) is 3.05. The Morgan fingerprint density at radius 1 is 1.08 bits per heavy atom. The quantitative estimate of drug-likeness (QED) is 0.817. The van der Waals surface area contributed by atoms with E-state index in [1.54, 1.807) is 17.0 Å². The number of hydrogen-bond donors (Lipinski definition) is 2. The lowest BCUT2D eigenvalue weighted by Crippen LogP contribution is -2.46. The number of hydrogen-bond acceptors (Lipinski definition) is 4. The summed E-state index contributed by atoms with van der Waals surface area (Å²) in [5.74, 6) is -0.272. The SMILES string of the molecule is NC(=O)CN1CCC(NC(=O)c2ccc(N3CCCCC3=O)cc2)CC1. The zero-order valence-electron chi connectivity index (χ0n) is 14.9. The maximum Gasteiger partial charge on any atom is 0.251 e. The van der Waals surface area contributed by atoms with Crippen LogP contribution in [0, 0.1) is 0 Å². The smallest absolute Gasteiger partial charge is 0.251 e. The van der Waals surface area contributed by atoms with Gasteiger partial charge in [0.25, 0.3) is 5.91 Å². The topological polar surface area (TPSA) is 95.7 Å². The van der Waals surface area contributed by atoms with Gasteiger partial charge in [0.05, 0.1) is 6.54 Å². The molecule has 7 heteroatoms. The third kappa shape index (κ3) is 4.60. The first kappa shape index (κ1) is 18.4. The third-order valence-electron chi connectivity index (χ3n) is 5.07. The van der Waals surface area contributed by atoms with E-state index >= 15 is 0 Å². The van der Waals surface area contributed by atoms with Crippen LogP contribution in [0.25, 0.3) is 0 Å². The number of nitrogens with one attached hydrogen (secondary N) is 1. The molecule has 1 aromatic carbocycles. The van der Waals surface area contributed by atoms with Gasteiger partial charge in [-0.1, -0.05) is 0 Å². The minimum absolute atomic E-state index is 0.102. The highest BCUT2D eigenvalue weighted by atomic mass is 16.2. The second-order valence-corrected chi connectivity index (χ2v) is 7.04. The summed E-state index contributed by atoms with van der Waals surface area (Å²) in [5.41, 5.74) is 6.66. The second kappa shape index (κ2) is 8.31. The molecule has 3 rings (SSSR count). The van der Waals surface area contributed by atoms with E-state index in [-0.39, 0.29) is 30.3 Å². The highest BCUT2D eigenvalue weighted by Crippen LogP contribution is 2.21. The van der Waals surface area contributed by atoms with Crippen molar-refractivity contribution in [3.05, 3.63) is 29.8 Å². The van der Waals surface area contributed by atoms with Crippen LogP contribution >= 0.6 is 0 Å². The second-order valence-electron chi connectivity index (χ2n) is 7.04. The summed E-state index contributed by atoms with van der Waals surface area (Å²) >= 11 is 0. The Balaban J connectivity index is 1.52. The van der Waals surface area contributed by atoms with Crippen LogP contribution < -0.4 is 16.0 Å². The van der Waals surface area contributed by atoms with Crippen LogP contribution in [0.1, 0.15) is 42.5 Å². The number of amides is 3. The van der Waals surface area contributed by atoms with Gasteiger partial charge < -0.3 is 16.0 Å². The number of nitrogens with zero attached hydrogens (tertiary/aromatic N) is 2. The monoisotopic (exact) mass is 358 g/mol. The first-order valence-electron chi connectivity index (χ1n) is 9.25. The summed E-state index contributed by atoms with van der Waals surface area (Å²) in [6, 6.07) is 7.33. The summed E-state index contributed by atoms with van der Waals surface area (Å²) in [6.07, 6.45) is 4.17. The van der Waals surface area contributed by atoms with E-state index in [9.17, 15) is 14.4 Å². The number of piperidine rings is 2. The molecule has 2 aliphatic rings. The maximum atomic E-state index is 12.4. The Morgan fingerprint density at radius 3 is 2.38 bits per heavy atom. The Bertz CT molecular complexity index is 666. The van der Waals surface area contributed by atoms with Gasteiger partial charge in [-0.25, -0.2) is 0 Å². The maximum absolute atomic E-state index is 12.4. The molecule has 0 atom stereocenters. The van der Waals surface area contributed by atoms with Crippen molar-refractivity contribution >= 4 is 23.4 Å². The zero-order chi connectivity index (χ0) is 18.5.